The highest BCUT2D eigenvalue weighted by Crippen LogP contribution is 2.25. The Balaban J connectivity index is 1.83. The van der Waals surface area contributed by atoms with Gasteiger partial charge in [-0.25, -0.2) is 4.39 Å². The van der Waals surface area contributed by atoms with Crippen molar-refractivity contribution in [1.82, 2.24) is 9.88 Å². The fraction of sp³-hybridized carbons (Fsp3) is 0.182. The maximum absolute atomic E-state index is 14.2. The van der Waals surface area contributed by atoms with Crippen molar-refractivity contribution in [2.24, 2.45) is 0 Å². The van der Waals surface area contributed by atoms with Crippen LogP contribution in [-0.4, -0.2) is 21.6 Å². The van der Waals surface area contributed by atoms with Crippen LogP contribution in [0.15, 0.2) is 73.1 Å². The first-order valence-electron chi connectivity index (χ1n) is 9.07. The van der Waals surface area contributed by atoms with Crippen LogP contribution in [0.2, 0.25) is 0 Å². The lowest BCUT2D eigenvalue weighted by atomic mass is 10.2. The molecule has 1 N–H and O–H groups in total. The molecule has 0 radical (unpaired) electrons. The molecule has 3 rings (SSSR count). The van der Waals surface area contributed by atoms with E-state index < -0.39 is 0 Å². The minimum atomic E-state index is -0.254. The van der Waals surface area contributed by atoms with E-state index in [0.29, 0.717) is 30.4 Å². The SMILES string of the molecule is CCOc1ccccc1NC(=S)N(Cc1cccnc1)Cc1ccccc1F. The summed E-state index contributed by atoms with van der Waals surface area (Å²) in [6.07, 6.45) is 3.50. The van der Waals surface area contributed by atoms with Crippen LogP contribution in [0, 0.1) is 5.82 Å². The first-order valence-corrected chi connectivity index (χ1v) is 9.48. The number of thiocarbonyl (C=S) groups is 1. The van der Waals surface area contributed by atoms with Crippen LogP contribution in [-0.2, 0) is 13.1 Å². The summed E-state index contributed by atoms with van der Waals surface area (Å²) in [6, 6.07) is 18.2. The number of benzene rings is 2. The number of halogens is 1. The van der Waals surface area contributed by atoms with Gasteiger partial charge in [0.05, 0.1) is 12.3 Å². The molecule has 0 aliphatic heterocycles. The van der Waals surface area contributed by atoms with Gasteiger partial charge in [0.15, 0.2) is 5.11 Å². The third-order valence-electron chi connectivity index (χ3n) is 4.13. The molecule has 3 aromatic rings. The average molecular weight is 396 g/mol. The van der Waals surface area contributed by atoms with Gasteiger partial charge in [-0.15, -0.1) is 0 Å². The Morgan fingerprint density at radius 1 is 1.07 bits per heavy atom. The summed E-state index contributed by atoms with van der Waals surface area (Å²) in [5.74, 6) is 0.468. The van der Waals surface area contributed by atoms with Gasteiger partial charge in [0.1, 0.15) is 11.6 Å². The molecule has 0 fully saturated rings. The Kier molecular flexibility index (Phi) is 6.92. The molecular weight excluding hydrogens is 373 g/mol. The number of hydrogen-bond acceptors (Lipinski definition) is 3. The Labute approximate surface area is 170 Å². The van der Waals surface area contributed by atoms with Crippen molar-refractivity contribution in [3.8, 4) is 5.75 Å². The molecule has 0 spiro atoms. The zero-order chi connectivity index (χ0) is 19.8. The van der Waals surface area contributed by atoms with E-state index in [0.717, 1.165) is 17.0 Å². The minimum Gasteiger partial charge on any atom is -0.492 e. The molecule has 6 heteroatoms. The number of ether oxygens (including phenoxy) is 1. The van der Waals surface area contributed by atoms with Crippen LogP contribution in [0.5, 0.6) is 5.75 Å². The molecule has 0 saturated heterocycles. The summed E-state index contributed by atoms with van der Waals surface area (Å²) >= 11 is 5.66. The van der Waals surface area contributed by atoms with Gasteiger partial charge in [-0.1, -0.05) is 36.4 Å². The molecule has 28 heavy (non-hydrogen) atoms. The van der Waals surface area contributed by atoms with Crippen molar-refractivity contribution >= 4 is 23.0 Å². The zero-order valence-electron chi connectivity index (χ0n) is 15.6. The zero-order valence-corrected chi connectivity index (χ0v) is 16.5. The van der Waals surface area contributed by atoms with Crippen LogP contribution in [0.4, 0.5) is 10.1 Å². The molecule has 1 heterocycles. The second kappa shape index (κ2) is 9.80. The van der Waals surface area contributed by atoms with E-state index in [4.69, 9.17) is 17.0 Å². The highest BCUT2D eigenvalue weighted by atomic mass is 32.1. The topological polar surface area (TPSA) is 37.4 Å². The molecule has 0 aliphatic carbocycles. The van der Waals surface area contributed by atoms with Gasteiger partial charge in [0.2, 0.25) is 0 Å². The average Bonchev–Trinajstić information content (AvgIpc) is 2.71. The molecule has 2 aromatic carbocycles. The third kappa shape index (κ3) is 5.27. The molecule has 1 aromatic heterocycles. The van der Waals surface area contributed by atoms with Crippen LogP contribution in [0.25, 0.3) is 0 Å². The third-order valence-corrected chi connectivity index (χ3v) is 4.49. The number of nitrogens with one attached hydrogen (secondary N) is 1. The largest absolute Gasteiger partial charge is 0.492 e. The fourth-order valence-corrected chi connectivity index (χ4v) is 3.03. The van der Waals surface area contributed by atoms with Crippen LogP contribution in [0.1, 0.15) is 18.1 Å². The van der Waals surface area contributed by atoms with Gasteiger partial charge in [0, 0.05) is 31.0 Å². The quantitative estimate of drug-likeness (QED) is 0.569. The molecular formula is C22H22FN3OS. The van der Waals surface area contributed by atoms with E-state index in [9.17, 15) is 4.39 Å². The number of aromatic nitrogens is 1. The Bertz CT molecular complexity index is 920. The first-order chi connectivity index (χ1) is 13.7. The molecule has 0 atom stereocenters. The van der Waals surface area contributed by atoms with Gasteiger partial charge in [0.25, 0.3) is 0 Å². The smallest absolute Gasteiger partial charge is 0.174 e. The van der Waals surface area contributed by atoms with E-state index in [2.05, 4.69) is 10.3 Å². The summed E-state index contributed by atoms with van der Waals surface area (Å²) in [4.78, 5) is 6.07. The van der Waals surface area contributed by atoms with Crippen molar-refractivity contribution in [1.29, 1.82) is 0 Å². The number of pyridine rings is 1. The molecule has 0 amide bonds. The van der Waals surface area contributed by atoms with E-state index in [-0.39, 0.29) is 5.82 Å². The number of rotatable bonds is 7. The molecule has 0 saturated carbocycles. The fourth-order valence-electron chi connectivity index (χ4n) is 2.79. The van der Waals surface area contributed by atoms with Crippen LogP contribution in [0.3, 0.4) is 0 Å². The second-order valence-electron chi connectivity index (χ2n) is 6.17. The summed E-state index contributed by atoms with van der Waals surface area (Å²) < 4.78 is 19.9. The van der Waals surface area contributed by atoms with Crippen LogP contribution < -0.4 is 10.1 Å². The van der Waals surface area contributed by atoms with Crippen molar-refractivity contribution < 1.29 is 9.13 Å². The summed E-state index contributed by atoms with van der Waals surface area (Å²) in [7, 11) is 0. The van der Waals surface area contributed by atoms with Crippen molar-refractivity contribution in [2.75, 3.05) is 11.9 Å². The molecule has 0 unspecified atom stereocenters. The molecule has 4 nitrogen and oxygen atoms in total. The van der Waals surface area contributed by atoms with Crippen molar-refractivity contribution in [3.05, 3.63) is 90.0 Å². The Morgan fingerprint density at radius 3 is 2.61 bits per heavy atom. The van der Waals surface area contributed by atoms with E-state index >= 15 is 0 Å². The van der Waals surface area contributed by atoms with Crippen molar-refractivity contribution in [3.63, 3.8) is 0 Å². The maximum atomic E-state index is 14.2. The van der Waals surface area contributed by atoms with E-state index in [1.807, 2.05) is 54.3 Å². The summed E-state index contributed by atoms with van der Waals surface area (Å²) in [5.41, 5.74) is 2.34. The highest BCUT2D eigenvalue weighted by molar-refractivity contribution is 7.80. The summed E-state index contributed by atoms with van der Waals surface area (Å²) in [6.45, 7) is 3.33. The van der Waals surface area contributed by atoms with Gasteiger partial charge in [-0.2, -0.15) is 0 Å². The Hall–Kier alpha value is -2.99. The lowest BCUT2D eigenvalue weighted by Crippen LogP contribution is -2.34. The maximum Gasteiger partial charge on any atom is 0.174 e. The normalized spacial score (nSPS) is 10.4. The lowest BCUT2D eigenvalue weighted by Gasteiger charge is -2.27. The predicted octanol–water partition coefficient (Wildman–Crippen LogP) is 5.02. The highest BCUT2D eigenvalue weighted by Gasteiger charge is 2.15. The molecule has 144 valence electrons. The predicted molar refractivity (Wildman–Crippen MR) is 114 cm³/mol. The van der Waals surface area contributed by atoms with Gasteiger partial charge >= 0.3 is 0 Å². The monoisotopic (exact) mass is 395 g/mol. The lowest BCUT2D eigenvalue weighted by molar-refractivity contribution is 0.341. The van der Waals surface area contributed by atoms with Gasteiger partial charge in [-0.05, 0) is 49.0 Å². The standard InChI is InChI=1S/C22H22FN3OS/c1-2-27-21-12-6-5-11-20(21)25-22(28)26(15-17-8-7-13-24-14-17)16-18-9-3-4-10-19(18)23/h3-14H,2,15-16H2,1H3,(H,25,28). The number of para-hydroxylation sites is 2. The Morgan fingerprint density at radius 2 is 1.86 bits per heavy atom. The van der Waals surface area contributed by atoms with E-state index in [1.54, 1.807) is 24.5 Å². The van der Waals surface area contributed by atoms with Gasteiger partial charge in [-0.3, -0.25) is 4.98 Å². The molecule has 0 bridgehead atoms. The minimum absolute atomic E-state index is 0.254. The van der Waals surface area contributed by atoms with Crippen molar-refractivity contribution in [2.45, 2.75) is 20.0 Å². The number of nitrogens with zero attached hydrogens (tertiary/aromatic N) is 2. The first kappa shape index (κ1) is 19.8. The molecule has 0 aliphatic rings. The second-order valence-corrected chi connectivity index (χ2v) is 6.55. The van der Waals surface area contributed by atoms with Crippen LogP contribution >= 0.6 is 12.2 Å². The number of anilines is 1. The van der Waals surface area contributed by atoms with Gasteiger partial charge < -0.3 is 15.0 Å². The summed E-state index contributed by atoms with van der Waals surface area (Å²) in [5, 5.41) is 3.73. The number of hydrogen-bond donors (Lipinski definition) is 1. The van der Waals surface area contributed by atoms with E-state index in [1.165, 1.54) is 6.07 Å².